The molecular weight excluding hydrogens is 420 g/mol. The Bertz CT molecular complexity index is 523. The summed E-state index contributed by atoms with van der Waals surface area (Å²) in [7, 11) is 2.80. The van der Waals surface area contributed by atoms with Gasteiger partial charge in [0.25, 0.3) is 0 Å². The second-order valence-corrected chi connectivity index (χ2v) is 12.8. The lowest BCUT2D eigenvalue weighted by atomic mass is 9.83. The molecule has 2 heterocycles. The number of hydrogen-bond acceptors (Lipinski definition) is 6. The lowest BCUT2D eigenvalue weighted by molar-refractivity contribution is -0.666. The van der Waals surface area contributed by atoms with Crippen LogP contribution in [0, 0.1) is 11.8 Å². The van der Waals surface area contributed by atoms with Crippen LogP contribution in [0.2, 0.25) is 0 Å². The summed E-state index contributed by atoms with van der Waals surface area (Å²) >= 11 is 0. The zero-order valence-electron chi connectivity index (χ0n) is 19.6. The molecule has 2 saturated heterocycles. The summed E-state index contributed by atoms with van der Waals surface area (Å²) in [6, 6.07) is 0. The molecule has 0 aromatic carbocycles. The van der Waals surface area contributed by atoms with Crippen LogP contribution in [0.1, 0.15) is 67.2 Å². The number of esters is 2. The van der Waals surface area contributed by atoms with Crippen molar-refractivity contribution in [3.05, 3.63) is 0 Å². The lowest BCUT2D eigenvalue weighted by Gasteiger charge is -2.36. The maximum absolute atomic E-state index is 12.6. The van der Waals surface area contributed by atoms with Gasteiger partial charge in [0, 0.05) is 37.5 Å². The Hall–Kier alpha value is -0.440. The molecule has 2 aliphatic rings. The average molecular weight is 463 g/mol. The highest BCUT2D eigenvalue weighted by Gasteiger charge is 2.38. The van der Waals surface area contributed by atoms with Gasteiger partial charge in [0.1, 0.15) is 21.7 Å². The maximum Gasteiger partial charge on any atom is 0.320 e. The number of carbonyl (C=O) groups is 2. The summed E-state index contributed by atoms with van der Waals surface area (Å²) in [6.07, 6.45) is 4.31. The Kier molecular flexibility index (Phi) is 9.84. The first-order valence-electron chi connectivity index (χ1n) is 11.4. The van der Waals surface area contributed by atoms with Gasteiger partial charge in [0.2, 0.25) is 0 Å². The van der Waals surface area contributed by atoms with Crippen molar-refractivity contribution in [2.75, 3.05) is 26.2 Å². The van der Waals surface area contributed by atoms with E-state index in [0.29, 0.717) is 11.8 Å². The monoisotopic (exact) mass is 462 g/mol. The molecule has 0 bridgehead atoms. The van der Waals surface area contributed by atoms with Crippen molar-refractivity contribution in [3.63, 3.8) is 0 Å². The molecule has 2 atom stereocenters. The minimum atomic E-state index is -0.448. The number of carbonyl (C=O) groups excluding carboxylic acids is 2. The van der Waals surface area contributed by atoms with Gasteiger partial charge in [-0.3, -0.25) is 9.59 Å². The molecule has 0 aromatic heterocycles. The fourth-order valence-corrected chi connectivity index (χ4v) is 6.40. The second kappa shape index (κ2) is 11.4. The van der Waals surface area contributed by atoms with Gasteiger partial charge in [-0.1, -0.05) is 21.6 Å². The number of rotatable bonds is 9. The molecule has 2 rings (SSSR count). The quantitative estimate of drug-likeness (QED) is 0.401. The van der Waals surface area contributed by atoms with Crippen LogP contribution < -0.4 is 10.6 Å². The topological polar surface area (TPSA) is 85.8 Å². The molecule has 0 aliphatic carbocycles. The summed E-state index contributed by atoms with van der Waals surface area (Å²) in [6.45, 7) is 16.2. The van der Waals surface area contributed by atoms with Crippen molar-refractivity contribution < 1.29 is 29.7 Å². The average Bonchev–Trinajstić information content (AvgIpc) is 2.72. The van der Waals surface area contributed by atoms with Crippen LogP contribution in [-0.4, -0.2) is 59.8 Å². The number of ether oxygens (including phenoxy) is 2. The molecule has 0 radical (unpaired) electrons. The van der Waals surface area contributed by atoms with Crippen molar-refractivity contribution in [1.82, 2.24) is 0 Å². The first-order chi connectivity index (χ1) is 14.0. The van der Waals surface area contributed by atoms with Gasteiger partial charge >= 0.3 is 11.9 Å². The molecule has 30 heavy (non-hydrogen) atoms. The summed E-state index contributed by atoms with van der Waals surface area (Å²) in [5.41, 5.74) is -0.895. The molecule has 2 unspecified atom stereocenters. The van der Waals surface area contributed by atoms with Gasteiger partial charge in [0.05, 0.1) is 26.2 Å². The highest BCUT2D eigenvalue weighted by molar-refractivity contribution is 8.77. The largest absolute Gasteiger partial charge is 0.459 e. The first kappa shape index (κ1) is 25.8. The fraction of sp³-hybridized carbons (Fsp3) is 0.909. The molecule has 174 valence electrons. The summed E-state index contributed by atoms with van der Waals surface area (Å²) in [5.74, 6) is 0.410. The highest BCUT2D eigenvalue weighted by Crippen LogP contribution is 2.36. The molecule has 0 amide bonds. The van der Waals surface area contributed by atoms with Crippen molar-refractivity contribution >= 4 is 33.5 Å². The van der Waals surface area contributed by atoms with Crippen LogP contribution in [0.25, 0.3) is 0 Å². The van der Waals surface area contributed by atoms with E-state index in [9.17, 15) is 9.59 Å². The predicted octanol–water partition coefficient (Wildman–Crippen LogP) is 1.74. The van der Waals surface area contributed by atoms with Gasteiger partial charge < -0.3 is 20.1 Å². The van der Waals surface area contributed by atoms with Gasteiger partial charge in [-0.15, -0.1) is 0 Å². The maximum atomic E-state index is 12.6. The van der Waals surface area contributed by atoms with E-state index in [4.69, 9.17) is 9.47 Å². The number of quaternary nitrogens is 2. The molecule has 6 nitrogen and oxygen atoms in total. The lowest BCUT2D eigenvalue weighted by Crippen LogP contribution is -2.86. The zero-order valence-corrected chi connectivity index (χ0v) is 21.2. The Balaban J connectivity index is 1.77. The minimum Gasteiger partial charge on any atom is -0.459 e. The van der Waals surface area contributed by atoms with E-state index in [1.807, 2.05) is 41.5 Å². The van der Waals surface area contributed by atoms with Crippen LogP contribution in [-0.2, 0) is 19.1 Å². The molecular formula is C22H42N2O4S2+2. The van der Waals surface area contributed by atoms with E-state index in [-0.39, 0.29) is 22.4 Å². The van der Waals surface area contributed by atoms with Gasteiger partial charge in [-0.2, -0.15) is 0 Å². The van der Waals surface area contributed by atoms with Crippen molar-refractivity contribution in [1.29, 1.82) is 0 Å². The number of nitrogens with two attached hydrogens (primary N) is 2. The molecule has 0 saturated carbocycles. The second-order valence-electron chi connectivity index (χ2n) is 9.81. The van der Waals surface area contributed by atoms with Gasteiger partial charge in [-0.05, 0) is 41.5 Å². The smallest absolute Gasteiger partial charge is 0.320 e. The van der Waals surface area contributed by atoms with E-state index in [1.165, 1.54) is 21.6 Å². The van der Waals surface area contributed by atoms with Crippen LogP contribution >= 0.6 is 21.6 Å². The van der Waals surface area contributed by atoms with Crippen molar-refractivity contribution in [2.45, 2.75) is 88.9 Å². The SMILES string of the molecule is CC(SSC(C)C(=O)OC(C)(C)C1CC[NH2+]CC1)C(=O)OC(C)(C)C1CC[NH2+]CC1. The van der Waals surface area contributed by atoms with Crippen LogP contribution in [0.5, 0.6) is 0 Å². The van der Waals surface area contributed by atoms with Crippen LogP contribution in [0.4, 0.5) is 0 Å². The summed E-state index contributed by atoms with van der Waals surface area (Å²) in [5, 5.41) is 3.97. The summed E-state index contributed by atoms with van der Waals surface area (Å²) < 4.78 is 11.8. The van der Waals surface area contributed by atoms with Crippen molar-refractivity contribution in [2.24, 2.45) is 11.8 Å². The minimum absolute atomic E-state index is 0.202. The number of hydrogen-bond donors (Lipinski definition) is 2. The molecule has 2 aliphatic heterocycles. The molecule has 0 aromatic rings. The van der Waals surface area contributed by atoms with Crippen LogP contribution in [0.3, 0.4) is 0 Å². The van der Waals surface area contributed by atoms with Crippen LogP contribution in [0.15, 0.2) is 0 Å². The predicted molar refractivity (Wildman–Crippen MR) is 123 cm³/mol. The molecule has 0 spiro atoms. The molecule has 8 heteroatoms. The zero-order chi connectivity index (χ0) is 22.4. The fourth-order valence-electron chi connectivity index (χ4n) is 4.34. The normalized spacial score (nSPS) is 21.7. The third kappa shape index (κ3) is 7.61. The Labute approximate surface area is 190 Å². The number of piperidine rings is 2. The standard InChI is InChI=1S/C22H40N2O4S2/c1-15(19(25)27-21(3,4)17-7-11-23-12-8-17)29-30-16(2)20(26)28-22(5,6)18-9-13-24-14-10-18/h15-18,23-24H,7-14H2,1-6H3/p+2. The third-order valence-corrected chi connectivity index (χ3v) is 9.72. The highest BCUT2D eigenvalue weighted by atomic mass is 33.1. The molecule has 4 N–H and O–H groups in total. The molecule has 2 fully saturated rings. The summed E-state index contributed by atoms with van der Waals surface area (Å²) in [4.78, 5) is 25.3. The Morgan fingerprint density at radius 1 is 0.733 bits per heavy atom. The Morgan fingerprint density at radius 3 is 1.33 bits per heavy atom. The van der Waals surface area contributed by atoms with E-state index in [2.05, 4.69) is 10.6 Å². The van der Waals surface area contributed by atoms with Gasteiger partial charge in [-0.25, -0.2) is 0 Å². The van der Waals surface area contributed by atoms with E-state index < -0.39 is 11.2 Å². The first-order valence-corrected chi connectivity index (χ1v) is 13.7. The van der Waals surface area contributed by atoms with Crippen molar-refractivity contribution in [3.8, 4) is 0 Å². The van der Waals surface area contributed by atoms with E-state index >= 15 is 0 Å². The third-order valence-electron chi connectivity index (χ3n) is 6.58. The van der Waals surface area contributed by atoms with Gasteiger partial charge in [0.15, 0.2) is 0 Å². The van der Waals surface area contributed by atoms with E-state index in [0.717, 1.165) is 51.9 Å². The Morgan fingerprint density at radius 2 is 1.03 bits per heavy atom. The van der Waals surface area contributed by atoms with E-state index in [1.54, 1.807) is 0 Å².